The number of nitrogens with two attached hydrogens (primary N) is 1. The Labute approximate surface area is 122 Å². The minimum absolute atomic E-state index is 0.0314. The van der Waals surface area contributed by atoms with Crippen LogP contribution in [0.1, 0.15) is 62.4 Å². The summed E-state index contributed by atoms with van der Waals surface area (Å²) in [5.74, 6) is 0.913. The van der Waals surface area contributed by atoms with Crippen LogP contribution in [0.4, 0.5) is 0 Å². The highest BCUT2D eigenvalue weighted by Gasteiger charge is 2.15. The van der Waals surface area contributed by atoms with E-state index in [9.17, 15) is 4.79 Å². The molecular weight excluding hydrogens is 248 g/mol. The molecule has 0 aliphatic rings. The summed E-state index contributed by atoms with van der Waals surface area (Å²) in [6.07, 6.45) is 2.10. The molecule has 3 N–H and O–H groups in total. The van der Waals surface area contributed by atoms with Gasteiger partial charge in [-0.05, 0) is 29.5 Å². The molecule has 3 nitrogen and oxygen atoms in total. The molecule has 1 aromatic carbocycles. The summed E-state index contributed by atoms with van der Waals surface area (Å²) in [5, 5.41) is 2.93. The van der Waals surface area contributed by atoms with Crippen LogP contribution in [-0.2, 0) is 0 Å². The Morgan fingerprint density at radius 3 is 2.15 bits per heavy atom. The number of carbonyl (C=O) groups excluding carboxylic acids is 1. The smallest absolute Gasteiger partial charge is 0.251 e. The van der Waals surface area contributed by atoms with Crippen LogP contribution in [0.3, 0.4) is 0 Å². The van der Waals surface area contributed by atoms with E-state index in [2.05, 4.69) is 33.0 Å². The molecule has 0 saturated heterocycles. The Morgan fingerprint density at radius 2 is 1.70 bits per heavy atom. The average Bonchev–Trinajstić information content (AvgIpc) is 2.46. The van der Waals surface area contributed by atoms with E-state index in [1.807, 2.05) is 24.3 Å². The zero-order valence-electron chi connectivity index (χ0n) is 13.1. The second-order valence-electron chi connectivity index (χ2n) is 5.73. The predicted molar refractivity (Wildman–Crippen MR) is 84.9 cm³/mol. The fraction of sp³-hybridized carbons (Fsp3) is 0.588. The van der Waals surface area contributed by atoms with Gasteiger partial charge < -0.3 is 11.1 Å². The van der Waals surface area contributed by atoms with Gasteiger partial charge in [0, 0.05) is 18.2 Å². The lowest BCUT2D eigenvalue weighted by Crippen LogP contribution is -2.41. The number of amides is 1. The van der Waals surface area contributed by atoms with Crippen molar-refractivity contribution in [2.75, 3.05) is 6.54 Å². The summed E-state index contributed by atoms with van der Waals surface area (Å²) in [6.45, 7) is 9.10. The van der Waals surface area contributed by atoms with Gasteiger partial charge in [0.1, 0.15) is 0 Å². The van der Waals surface area contributed by atoms with Crippen molar-refractivity contribution in [1.29, 1.82) is 0 Å². The molecule has 3 heteroatoms. The average molecular weight is 276 g/mol. The first-order valence-corrected chi connectivity index (χ1v) is 7.63. The Bertz CT molecular complexity index is 408. The van der Waals surface area contributed by atoms with Crippen LogP contribution in [0.5, 0.6) is 0 Å². The summed E-state index contributed by atoms with van der Waals surface area (Å²) in [4.78, 5) is 12.1. The van der Waals surface area contributed by atoms with Crippen molar-refractivity contribution < 1.29 is 4.79 Å². The highest BCUT2D eigenvalue weighted by Crippen LogP contribution is 2.15. The van der Waals surface area contributed by atoms with Crippen LogP contribution in [0.15, 0.2) is 24.3 Å². The molecule has 0 heterocycles. The topological polar surface area (TPSA) is 55.1 Å². The summed E-state index contributed by atoms with van der Waals surface area (Å²) >= 11 is 0. The molecule has 1 amide bonds. The van der Waals surface area contributed by atoms with Crippen molar-refractivity contribution in [1.82, 2.24) is 5.32 Å². The zero-order valence-corrected chi connectivity index (χ0v) is 13.1. The lowest BCUT2D eigenvalue weighted by molar-refractivity contribution is 0.0948. The molecule has 0 fully saturated rings. The Morgan fingerprint density at radius 1 is 1.15 bits per heavy atom. The van der Waals surface area contributed by atoms with Crippen molar-refractivity contribution in [2.24, 2.45) is 11.7 Å². The van der Waals surface area contributed by atoms with E-state index in [0.717, 1.165) is 12.8 Å². The quantitative estimate of drug-likeness (QED) is 0.803. The molecule has 0 aliphatic carbocycles. The molecule has 0 aliphatic heterocycles. The monoisotopic (exact) mass is 276 g/mol. The highest BCUT2D eigenvalue weighted by molar-refractivity contribution is 5.94. The van der Waals surface area contributed by atoms with Crippen LogP contribution < -0.4 is 11.1 Å². The van der Waals surface area contributed by atoms with Crippen LogP contribution in [0.25, 0.3) is 0 Å². The lowest BCUT2D eigenvalue weighted by atomic mass is 9.95. The summed E-state index contributed by atoms with van der Waals surface area (Å²) in [6, 6.07) is 7.82. The van der Waals surface area contributed by atoms with Crippen LogP contribution in [0.2, 0.25) is 0 Å². The first-order valence-electron chi connectivity index (χ1n) is 7.63. The van der Waals surface area contributed by atoms with E-state index in [0.29, 0.717) is 23.9 Å². The van der Waals surface area contributed by atoms with Crippen molar-refractivity contribution in [3.63, 3.8) is 0 Å². The van der Waals surface area contributed by atoms with Crippen LogP contribution in [-0.4, -0.2) is 18.5 Å². The molecule has 1 unspecified atom stereocenters. The highest BCUT2D eigenvalue weighted by atomic mass is 16.1. The third-order valence-corrected chi connectivity index (χ3v) is 3.99. The maximum atomic E-state index is 12.1. The van der Waals surface area contributed by atoms with E-state index in [-0.39, 0.29) is 11.9 Å². The Kier molecular flexibility index (Phi) is 6.73. The fourth-order valence-corrected chi connectivity index (χ4v) is 2.39. The number of hydrogen-bond acceptors (Lipinski definition) is 2. The summed E-state index contributed by atoms with van der Waals surface area (Å²) in [7, 11) is 0. The largest absolute Gasteiger partial charge is 0.350 e. The van der Waals surface area contributed by atoms with Crippen LogP contribution in [0, 0.1) is 5.92 Å². The SMILES string of the molecule is CCC(CC)C(N)CNC(=O)c1ccc(C(C)C)cc1. The van der Waals surface area contributed by atoms with Crippen molar-refractivity contribution in [3.8, 4) is 0 Å². The Hall–Kier alpha value is -1.35. The Balaban J connectivity index is 2.54. The number of rotatable bonds is 7. The van der Waals surface area contributed by atoms with Crippen LogP contribution >= 0.6 is 0 Å². The van der Waals surface area contributed by atoms with Crippen molar-refractivity contribution in [2.45, 2.75) is 52.5 Å². The first-order chi connectivity index (χ1) is 9.49. The molecule has 112 valence electrons. The zero-order chi connectivity index (χ0) is 15.1. The van der Waals surface area contributed by atoms with Gasteiger partial charge in [0.2, 0.25) is 0 Å². The standard InChI is InChI=1S/C17H28N2O/c1-5-13(6-2)16(18)11-19-17(20)15-9-7-14(8-10-15)12(3)4/h7-10,12-13,16H,5-6,11,18H2,1-4H3,(H,19,20). The fourth-order valence-electron chi connectivity index (χ4n) is 2.39. The van der Waals surface area contributed by atoms with Gasteiger partial charge in [-0.3, -0.25) is 4.79 Å². The first kappa shape index (κ1) is 16.7. The van der Waals surface area contributed by atoms with E-state index in [1.54, 1.807) is 0 Å². The van der Waals surface area contributed by atoms with Gasteiger partial charge in [0.25, 0.3) is 5.91 Å². The van der Waals surface area contributed by atoms with Gasteiger partial charge in [0.15, 0.2) is 0 Å². The van der Waals surface area contributed by atoms with Gasteiger partial charge in [-0.2, -0.15) is 0 Å². The molecule has 0 saturated carbocycles. The van der Waals surface area contributed by atoms with Crippen molar-refractivity contribution >= 4 is 5.91 Å². The second-order valence-corrected chi connectivity index (χ2v) is 5.73. The summed E-state index contributed by atoms with van der Waals surface area (Å²) in [5.41, 5.74) is 8.06. The van der Waals surface area contributed by atoms with Gasteiger partial charge in [-0.25, -0.2) is 0 Å². The van der Waals surface area contributed by atoms with Gasteiger partial charge in [-0.15, -0.1) is 0 Å². The van der Waals surface area contributed by atoms with Crippen molar-refractivity contribution in [3.05, 3.63) is 35.4 Å². The van der Waals surface area contributed by atoms with E-state index >= 15 is 0 Å². The molecule has 20 heavy (non-hydrogen) atoms. The number of nitrogens with one attached hydrogen (secondary N) is 1. The molecule has 0 radical (unpaired) electrons. The van der Waals surface area contributed by atoms with E-state index in [4.69, 9.17) is 5.73 Å². The summed E-state index contributed by atoms with van der Waals surface area (Å²) < 4.78 is 0. The minimum atomic E-state index is -0.0401. The van der Waals surface area contributed by atoms with E-state index < -0.39 is 0 Å². The van der Waals surface area contributed by atoms with Gasteiger partial charge >= 0.3 is 0 Å². The third-order valence-electron chi connectivity index (χ3n) is 3.99. The molecule has 0 aromatic heterocycles. The molecule has 0 spiro atoms. The lowest BCUT2D eigenvalue weighted by Gasteiger charge is -2.21. The minimum Gasteiger partial charge on any atom is -0.350 e. The maximum Gasteiger partial charge on any atom is 0.251 e. The second kappa shape index (κ2) is 8.05. The van der Waals surface area contributed by atoms with Gasteiger partial charge in [-0.1, -0.05) is 52.7 Å². The number of carbonyl (C=O) groups is 1. The molecular formula is C17H28N2O. The molecule has 0 bridgehead atoms. The normalized spacial score (nSPS) is 12.8. The number of benzene rings is 1. The molecule has 1 rings (SSSR count). The molecule has 1 atom stereocenters. The third kappa shape index (κ3) is 4.64. The number of hydrogen-bond donors (Lipinski definition) is 2. The maximum absolute atomic E-state index is 12.1. The van der Waals surface area contributed by atoms with E-state index in [1.165, 1.54) is 5.56 Å². The predicted octanol–water partition coefficient (Wildman–Crippen LogP) is 3.30. The molecule has 1 aromatic rings. The van der Waals surface area contributed by atoms with Gasteiger partial charge in [0.05, 0.1) is 0 Å².